The van der Waals surface area contributed by atoms with Gasteiger partial charge in [0.25, 0.3) is 0 Å². The molecule has 108 valence electrons. The third-order valence-electron chi connectivity index (χ3n) is 6.58. The number of aliphatic hydroxyl groups is 1. The molecule has 1 saturated heterocycles. The summed E-state index contributed by atoms with van der Waals surface area (Å²) in [5.41, 5.74) is 0.186. The van der Waals surface area contributed by atoms with Gasteiger partial charge in [-0.1, -0.05) is 46.2 Å². The van der Waals surface area contributed by atoms with Gasteiger partial charge in [0, 0.05) is 7.11 Å². The van der Waals surface area contributed by atoms with E-state index in [-0.39, 0.29) is 11.8 Å². The van der Waals surface area contributed by atoms with Crippen molar-refractivity contribution < 1.29 is 9.53 Å². The van der Waals surface area contributed by atoms with Crippen LogP contribution in [0.3, 0.4) is 0 Å². The Morgan fingerprint density at radius 3 is 1.78 bits per heavy atom. The van der Waals surface area contributed by atoms with Crippen LogP contribution in [0.5, 0.6) is 0 Å². The smallest absolute Gasteiger partial charge is 0.171 e. The summed E-state index contributed by atoms with van der Waals surface area (Å²) in [5, 5.41) is 10.4. The summed E-state index contributed by atoms with van der Waals surface area (Å²) in [4.78, 5) is 0. The molecule has 0 aromatic carbocycles. The number of hydrogen-bond donors (Lipinski definition) is 1. The summed E-state index contributed by atoms with van der Waals surface area (Å²) in [7, 11) is -5.65. The molecule has 0 bridgehead atoms. The summed E-state index contributed by atoms with van der Waals surface area (Å²) in [6.45, 7) is 22.3. The summed E-state index contributed by atoms with van der Waals surface area (Å²) in [6.07, 6.45) is 0.591. The topological polar surface area (TPSA) is 29.5 Å². The van der Waals surface area contributed by atoms with Gasteiger partial charge in [-0.15, -0.1) is 0 Å². The lowest BCUT2D eigenvalue weighted by molar-refractivity contribution is 0.0717. The highest BCUT2D eigenvalue weighted by Gasteiger charge is 2.67. The summed E-state index contributed by atoms with van der Waals surface area (Å²) in [5.74, 6) is 0. The van der Waals surface area contributed by atoms with Crippen molar-refractivity contribution in [3.63, 3.8) is 0 Å². The predicted molar refractivity (Wildman–Crippen MR) is 91.1 cm³/mol. The van der Waals surface area contributed by atoms with Crippen LogP contribution in [0.15, 0.2) is 0 Å². The van der Waals surface area contributed by atoms with Crippen LogP contribution < -0.4 is 0 Å². The zero-order valence-electron chi connectivity index (χ0n) is 13.7. The van der Waals surface area contributed by atoms with Crippen LogP contribution in [-0.4, -0.2) is 46.6 Å². The SMILES string of the molecule is CCC(O)C1O[Si](C)(C)[Si](C)(C)[Si](C)(C)[Si]1(C)C. The molecular formula is C12H32O2Si4. The maximum Gasteiger partial charge on any atom is 0.171 e. The van der Waals surface area contributed by atoms with Crippen LogP contribution in [-0.2, 0) is 4.43 Å². The average molecular weight is 321 g/mol. The van der Waals surface area contributed by atoms with Gasteiger partial charge in [-0.3, -0.25) is 0 Å². The Hall–Kier alpha value is 0.788. The molecule has 6 heteroatoms. The lowest BCUT2D eigenvalue weighted by atomic mass is 10.3. The quantitative estimate of drug-likeness (QED) is 0.791. The highest BCUT2D eigenvalue weighted by atomic mass is 29.8. The van der Waals surface area contributed by atoms with E-state index in [1.807, 2.05) is 0 Å². The van der Waals surface area contributed by atoms with E-state index < -0.39 is 29.6 Å². The first kappa shape index (κ1) is 16.8. The highest BCUT2D eigenvalue weighted by Crippen LogP contribution is 2.44. The fourth-order valence-corrected chi connectivity index (χ4v) is 72.4. The van der Waals surface area contributed by atoms with E-state index in [9.17, 15) is 5.11 Å². The summed E-state index contributed by atoms with van der Waals surface area (Å²) >= 11 is 0. The van der Waals surface area contributed by atoms with Crippen LogP contribution in [0.4, 0.5) is 0 Å². The van der Waals surface area contributed by atoms with E-state index in [1.54, 1.807) is 0 Å². The van der Waals surface area contributed by atoms with E-state index >= 15 is 0 Å². The van der Waals surface area contributed by atoms with Crippen LogP contribution in [0.25, 0.3) is 0 Å². The van der Waals surface area contributed by atoms with E-state index in [1.165, 1.54) is 0 Å². The van der Waals surface area contributed by atoms with Crippen molar-refractivity contribution in [2.75, 3.05) is 0 Å². The second-order valence-corrected chi connectivity index (χ2v) is 47.2. The van der Waals surface area contributed by atoms with Gasteiger partial charge in [0.15, 0.2) is 7.83 Å². The zero-order valence-corrected chi connectivity index (χ0v) is 17.7. The third kappa shape index (κ3) is 2.09. The van der Waals surface area contributed by atoms with Crippen molar-refractivity contribution in [3.05, 3.63) is 0 Å². The van der Waals surface area contributed by atoms with Gasteiger partial charge >= 0.3 is 0 Å². The van der Waals surface area contributed by atoms with Gasteiger partial charge in [0.2, 0.25) is 0 Å². The Bertz CT molecular complexity index is 326. The lowest BCUT2D eigenvalue weighted by Gasteiger charge is -2.63. The standard InChI is InChI=1S/C12H32O2Si4/c1-10-11(13)12-14-16(4,5)18(8,9)17(6,7)15(12,2)3/h11-13H,10H2,1-9H3. The molecule has 1 fully saturated rings. The monoisotopic (exact) mass is 320 g/mol. The predicted octanol–water partition coefficient (Wildman–Crippen LogP) is 3.26. The molecule has 0 saturated carbocycles. The van der Waals surface area contributed by atoms with Crippen molar-refractivity contribution in [3.8, 4) is 0 Å². The normalized spacial score (nSPS) is 34.0. The van der Waals surface area contributed by atoms with Crippen molar-refractivity contribution in [1.29, 1.82) is 0 Å². The molecule has 2 nitrogen and oxygen atoms in total. The Kier molecular flexibility index (Phi) is 4.36. The van der Waals surface area contributed by atoms with Crippen molar-refractivity contribution in [1.82, 2.24) is 0 Å². The first-order chi connectivity index (χ1) is 7.83. The molecule has 0 aromatic heterocycles. The average Bonchev–Trinajstić information content (AvgIpc) is 2.22. The second-order valence-electron chi connectivity index (χ2n) is 8.00. The van der Waals surface area contributed by atoms with Gasteiger partial charge < -0.3 is 9.53 Å². The van der Waals surface area contributed by atoms with Crippen molar-refractivity contribution in [2.45, 2.75) is 77.6 Å². The molecule has 1 rings (SSSR count). The summed E-state index contributed by atoms with van der Waals surface area (Å²) in [6, 6.07) is 0. The molecule has 0 amide bonds. The summed E-state index contributed by atoms with van der Waals surface area (Å²) < 4.78 is 6.64. The Morgan fingerprint density at radius 2 is 1.39 bits per heavy atom. The number of rotatable bonds is 2. The highest BCUT2D eigenvalue weighted by molar-refractivity contribution is 7.83. The van der Waals surface area contributed by atoms with E-state index in [2.05, 4.69) is 59.3 Å². The van der Waals surface area contributed by atoms with Crippen LogP contribution in [0.1, 0.15) is 13.3 Å². The molecule has 1 aliphatic rings. The number of hydrogen-bond acceptors (Lipinski definition) is 2. The zero-order chi connectivity index (χ0) is 14.6. The first-order valence-electron chi connectivity index (χ1n) is 7.19. The van der Waals surface area contributed by atoms with Gasteiger partial charge in [0.05, 0.1) is 26.5 Å². The minimum Gasteiger partial charge on any atom is -0.418 e. The molecule has 0 aliphatic carbocycles. The maximum absolute atomic E-state index is 10.4. The third-order valence-corrected chi connectivity index (χ3v) is 72.9. The van der Waals surface area contributed by atoms with Gasteiger partial charge in [-0.05, 0) is 19.5 Å². The van der Waals surface area contributed by atoms with Crippen molar-refractivity contribution >= 4 is 29.6 Å². The van der Waals surface area contributed by atoms with E-state index in [4.69, 9.17) is 4.43 Å². The fourth-order valence-electron chi connectivity index (χ4n) is 3.30. The van der Waals surface area contributed by atoms with E-state index in [0.29, 0.717) is 0 Å². The van der Waals surface area contributed by atoms with Crippen LogP contribution in [0.2, 0.25) is 52.4 Å². The minimum atomic E-state index is -1.61. The van der Waals surface area contributed by atoms with Gasteiger partial charge in [-0.25, -0.2) is 0 Å². The molecule has 0 aromatic rings. The molecule has 2 atom stereocenters. The molecule has 2 unspecified atom stereocenters. The first-order valence-corrected chi connectivity index (χ1v) is 22.2. The molecule has 18 heavy (non-hydrogen) atoms. The molecule has 1 heterocycles. The van der Waals surface area contributed by atoms with Gasteiger partial charge in [-0.2, -0.15) is 0 Å². The Morgan fingerprint density at radius 1 is 0.944 bits per heavy atom. The largest absolute Gasteiger partial charge is 0.418 e. The minimum absolute atomic E-state index is 0.186. The molecule has 1 N–H and O–H groups in total. The second kappa shape index (κ2) is 4.66. The van der Waals surface area contributed by atoms with Gasteiger partial charge in [0.1, 0.15) is 0 Å². The molecule has 1 aliphatic heterocycles. The Balaban J connectivity index is 3.32. The lowest BCUT2D eigenvalue weighted by Crippen LogP contribution is -2.88. The molecule has 0 spiro atoms. The van der Waals surface area contributed by atoms with E-state index in [0.717, 1.165) is 6.42 Å². The van der Waals surface area contributed by atoms with Crippen molar-refractivity contribution in [2.24, 2.45) is 0 Å². The fraction of sp³-hybridized carbons (Fsp3) is 1.00. The Labute approximate surface area is 117 Å². The van der Waals surface area contributed by atoms with Crippen LogP contribution >= 0.6 is 0 Å². The maximum atomic E-state index is 10.4. The van der Waals surface area contributed by atoms with Crippen LogP contribution in [0, 0.1) is 0 Å². The molecule has 0 radical (unpaired) electrons. The molecular weight excluding hydrogens is 288 g/mol. The number of aliphatic hydroxyl groups excluding tert-OH is 1.